The van der Waals surface area contributed by atoms with Crippen LogP contribution in [0.1, 0.15) is 70.3 Å². The van der Waals surface area contributed by atoms with Gasteiger partial charge in [0, 0.05) is 38.3 Å². The van der Waals surface area contributed by atoms with Crippen molar-refractivity contribution in [3.8, 4) is 0 Å². The lowest BCUT2D eigenvalue weighted by Gasteiger charge is -2.44. The lowest BCUT2D eigenvalue weighted by atomic mass is 9.99. The van der Waals surface area contributed by atoms with Crippen molar-refractivity contribution in [2.24, 2.45) is 0 Å². The van der Waals surface area contributed by atoms with Crippen LogP contribution < -0.4 is 0 Å². The van der Waals surface area contributed by atoms with E-state index in [4.69, 9.17) is 14.2 Å². The second-order valence-electron chi connectivity index (χ2n) is 9.03. The highest BCUT2D eigenvalue weighted by Crippen LogP contribution is 2.61. The summed E-state index contributed by atoms with van der Waals surface area (Å²) in [5.41, 5.74) is 1.16. The molecule has 0 saturated carbocycles. The molecule has 0 bridgehead atoms. The first kappa shape index (κ1) is 27.4. The summed E-state index contributed by atoms with van der Waals surface area (Å²) in [6, 6.07) is 10.2. The SMILES string of the molecule is CCC/C=C\CCCCCC(=O)O[C@@H]1CCOC(OC)(C2CSC(=O)P2Cc2ccccc2)C1. The van der Waals surface area contributed by atoms with Crippen LogP contribution in [0.25, 0.3) is 0 Å². The van der Waals surface area contributed by atoms with Crippen LogP contribution in [0.5, 0.6) is 0 Å². The van der Waals surface area contributed by atoms with Crippen molar-refractivity contribution in [2.75, 3.05) is 19.5 Å². The number of unbranched alkanes of at least 4 members (excludes halogenated alkanes) is 4. The van der Waals surface area contributed by atoms with Crippen LogP contribution in [0.4, 0.5) is 4.79 Å². The minimum absolute atomic E-state index is 0.00697. The Bertz CT molecular complexity index is 801. The molecular formula is C27H39O5PS. The van der Waals surface area contributed by atoms with Crippen LogP contribution in [-0.4, -0.2) is 47.8 Å². The molecule has 1 aromatic rings. The number of thioether (sulfide) groups is 1. The van der Waals surface area contributed by atoms with E-state index in [2.05, 4.69) is 31.2 Å². The van der Waals surface area contributed by atoms with Gasteiger partial charge in [0.25, 0.3) is 0 Å². The van der Waals surface area contributed by atoms with Crippen LogP contribution in [0, 0.1) is 0 Å². The Morgan fingerprint density at radius 2 is 2.00 bits per heavy atom. The monoisotopic (exact) mass is 506 g/mol. The maximum atomic E-state index is 12.8. The molecule has 2 heterocycles. The molecule has 2 aliphatic heterocycles. The minimum Gasteiger partial charge on any atom is -0.462 e. The van der Waals surface area contributed by atoms with Crippen molar-refractivity contribution in [1.82, 2.24) is 0 Å². The van der Waals surface area contributed by atoms with Gasteiger partial charge in [0.05, 0.1) is 12.3 Å². The molecule has 0 radical (unpaired) electrons. The summed E-state index contributed by atoms with van der Waals surface area (Å²) < 4.78 is 18.0. The zero-order chi connectivity index (χ0) is 24.2. The second kappa shape index (κ2) is 14.4. The zero-order valence-corrected chi connectivity index (χ0v) is 22.3. The van der Waals surface area contributed by atoms with Crippen molar-refractivity contribution in [3.63, 3.8) is 0 Å². The van der Waals surface area contributed by atoms with E-state index in [-0.39, 0.29) is 22.6 Å². The standard InChI is InChI=1S/C27H39O5PS/c1-3-4-5-6-7-8-9-13-16-25(28)32-23-17-18-31-27(19-23,30-2)24-21-34-26(29)33(24)20-22-14-11-10-12-15-22/h5-6,10-12,14-15,23-24H,3-4,7-9,13,16-21H2,1-2H3/b6-5-/t23-,24?,27?,33?/m1/s1. The number of carbonyl (C=O) groups is 2. The first-order valence-electron chi connectivity index (χ1n) is 12.6. The summed E-state index contributed by atoms with van der Waals surface area (Å²) in [5.74, 6) is -0.312. The van der Waals surface area contributed by atoms with Gasteiger partial charge in [-0.25, -0.2) is 0 Å². The fourth-order valence-electron chi connectivity index (χ4n) is 4.58. The van der Waals surface area contributed by atoms with E-state index in [1.165, 1.54) is 23.7 Å². The van der Waals surface area contributed by atoms with Crippen LogP contribution in [0.3, 0.4) is 0 Å². The number of hydrogen-bond donors (Lipinski definition) is 0. The van der Waals surface area contributed by atoms with Gasteiger partial charge in [-0.3, -0.25) is 9.59 Å². The predicted molar refractivity (Wildman–Crippen MR) is 141 cm³/mol. The maximum absolute atomic E-state index is 12.8. The molecule has 7 heteroatoms. The molecule has 2 saturated heterocycles. The fraction of sp³-hybridized carbons (Fsp3) is 0.630. The molecular weight excluding hydrogens is 467 g/mol. The molecule has 2 fully saturated rings. The molecule has 0 aliphatic carbocycles. The summed E-state index contributed by atoms with van der Waals surface area (Å²) in [6.07, 6.45) is 13.0. The number of esters is 1. The third kappa shape index (κ3) is 7.91. The average molecular weight is 507 g/mol. The zero-order valence-electron chi connectivity index (χ0n) is 20.6. The number of methoxy groups -OCH3 is 1. The van der Waals surface area contributed by atoms with E-state index in [9.17, 15) is 9.59 Å². The largest absolute Gasteiger partial charge is 0.462 e. The number of benzene rings is 1. The van der Waals surface area contributed by atoms with Gasteiger partial charge in [-0.1, -0.05) is 74.0 Å². The Morgan fingerprint density at radius 1 is 1.21 bits per heavy atom. The lowest BCUT2D eigenvalue weighted by Crippen LogP contribution is -2.52. The second-order valence-corrected chi connectivity index (χ2v) is 12.6. The third-order valence-corrected chi connectivity index (χ3v) is 11.1. The first-order valence-corrected chi connectivity index (χ1v) is 15.2. The van der Waals surface area contributed by atoms with Crippen LogP contribution >= 0.6 is 19.7 Å². The number of rotatable bonds is 13. The highest BCUT2D eigenvalue weighted by molar-refractivity contribution is 8.27. The topological polar surface area (TPSA) is 61.8 Å². The van der Waals surface area contributed by atoms with Gasteiger partial charge in [-0.2, -0.15) is 0 Å². The molecule has 4 atom stereocenters. The fourth-order valence-corrected chi connectivity index (χ4v) is 9.51. The molecule has 0 amide bonds. The van der Waals surface area contributed by atoms with E-state index < -0.39 is 13.7 Å². The Kier molecular flexibility index (Phi) is 11.6. The molecule has 0 aromatic heterocycles. The summed E-state index contributed by atoms with van der Waals surface area (Å²) in [6.45, 7) is 2.65. The molecule has 1 aromatic carbocycles. The van der Waals surface area contributed by atoms with Gasteiger partial charge >= 0.3 is 5.97 Å². The Hall–Kier alpha value is -1.20. The van der Waals surface area contributed by atoms with Gasteiger partial charge in [-0.15, -0.1) is 0 Å². The van der Waals surface area contributed by atoms with E-state index in [0.29, 0.717) is 31.6 Å². The minimum atomic E-state index is -0.954. The van der Waals surface area contributed by atoms with Gasteiger partial charge in [-0.05, 0) is 39.2 Å². The molecule has 34 heavy (non-hydrogen) atoms. The molecule has 188 valence electrons. The smallest absolute Gasteiger partial charge is 0.306 e. The molecule has 0 N–H and O–H groups in total. The molecule has 3 unspecified atom stereocenters. The summed E-state index contributed by atoms with van der Waals surface area (Å²) >= 11 is 1.39. The Balaban J connectivity index is 1.51. The Labute approximate surface area is 210 Å². The maximum Gasteiger partial charge on any atom is 0.306 e. The predicted octanol–water partition coefficient (Wildman–Crippen LogP) is 7.28. The van der Waals surface area contributed by atoms with Gasteiger partial charge in [0.1, 0.15) is 6.10 Å². The van der Waals surface area contributed by atoms with Gasteiger partial charge < -0.3 is 14.2 Å². The van der Waals surface area contributed by atoms with Crippen LogP contribution in [-0.2, 0) is 25.2 Å². The first-order chi connectivity index (χ1) is 16.6. The molecule has 0 spiro atoms. The van der Waals surface area contributed by atoms with Crippen molar-refractivity contribution < 1.29 is 23.8 Å². The van der Waals surface area contributed by atoms with E-state index in [0.717, 1.165) is 38.3 Å². The molecule has 2 aliphatic rings. The summed E-state index contributed by atoms with van der Waals surface area (Å²) in [7, 11) is 0.701. The Morgan fingerprint density at radius 3 is 2.76 bits per heavy atom. The van der Waals surface area contributed by atoms with E-state index in [1.54, 1.807) is 7.11 Å². The molecule has 5 nitrogen and oxygen atoms in total. The van der Waals surface area contributed by atoms with Crippen molar-refractivity contribution in [3.05, 3.63) is 48.0 Å². The lowest BCUT2D eigenvalue weighted by molar-refractivity contribution is -0.259. The van der Waals surface area contributed by atoms with Crippen molar-refractivity contribution in [2.45, 2.75) is 88.4 Å². The normalized spacial score (nSPS) is 27.4. The number of ether oxygens (including phenoxy) is 3. The summed E-state index contributed by atoms with van der Waals surface area (Å²) in [5, 5.41) is 0. The number of carbonyl (C=O) groups excluding carboxylic acids is 2. The van der Waals surface area contributed by atoms with Crippen LogP contribution in [0.2, 0.25) is 0 Å². The number of allylic oxidation sites excluding steroid dienone is 2. The van der Waals surface area contributed by atoms with Crippen molar-refractivity contribution >= 4 is 30.5 Å². The highest BCUT2D eigenvalue weighted by Gasteiger charge is 2.53. The van der Waals surface area contributed by atoms with Crippen molar-refractivity contribution in [1.29, 1.82) is 0 Å². The van der Waals surface area contributed by atoms with Gasteiger partial charge in [0.2, 0.25) is 4.86 Å². The molecule has 3 rings (SSSR count). The highest BCUT2D eigenvalue weighted by atomic mass is 32.2. The van der Waals surface area contributed by atoms with E-state index in [1.807, 2.05) is 18.2 Å². The van der Waals surface area contributed by atoms with Gasteiger partial charge in [0.15, 0.2) is 5.79 Å². The summed E-state index contributed by atoms with van der Waals surface area (Å²) in [4.78, 5) is 25.5. The van der Waals surface area contributed by atoms with E-state index >= 15 is 0 Å². The quantitative estimate of drug-likeness (QED) is 0.121. The third-order valence-electron chi connectivity index (χ3n) is 6.49. The average Bonchev–Trinajstić information content (AvgIpc) is 3.22. The number of hydrogen-bond acceptors (Lipinski definition) is 6. The van der Waals surface area contributed by atoms with Crippen LogP contribution in [0.15, 0.2) is 42.5 Å².